The molecule has 0 rings (SSSR count). The molecule has 0 heterocycles. The quantitative estimate of drug-likeness (QED) is 0.393. The molecular formula is HfInOSnZn+11. The van der Waals surface area contributed by atoms with Crippen LogP contribution in [0.5, 0.6) is 0 Å². The maximum Gasteiger partial charge on any atom is 4.00 e. The molecule has 8 valence electrons. The predicted octanol–water partition coefficient (Wildman–Crippen LogP) is -0.885. The van der Waals surface area contributed by atoms with Gasteiger partial charge >= 0.3 is 95.1 Å². The molecule has 0 amide bonds. The Bertz CT molecular complexity index is 11.6. The Hall–Kier alpha value is 3.12. The molecule has 0 aromatic rings. The van der Waals surface area contributed by atoms with Crippen molar-refractivity contribution in [1.82, 2.24) is 0 Å². The first-order valence-electron chi connectivity index (χ1n) is 0. The minimum absolute atomic E-state index is 0. The molecule has 5 heavy (non-hydrogen) atoms. The van der Waals surface area contributed by atoms with E-state index in [-0.39, 0.29) is 101 Å². The van der Waals surface area contributed by atoms with Crippen molar-refractivity contribution in [3.63, 3.8) is 0 Å². The molecule has 0 aliphatic rings. The van der Waals surface area contributed by atoms with E-state index in [1.54, 1.807) is 0 Å². The second-order valence-electron chi connectivity index (χ2n) is 0. The van der Waals surface area contributed by atoms with Crippen molar-refractivity contribution in [1.29, 1.82) is 0 Å². The third-order valence-corrected chi connectivity index (χ3v) is 0. The van der Waals surface area contributed by atoms with Crippen molar-refractivity contribution >= 4 is 49.8 Å². The minimum Gasteiger partial charge on any atom is -2.00 e. The number of rotatable bonds is 0. The van der Waals surface area contributed by atoms with Crippen LogP contribution in [0.25, 0.3) is 0 Å². The van der Waals surface area contributed by atoms with E-state index >= 15 is 0 Å². The van der Waals surface area contributed by atoms with Gasteiger partial charge in [0.15, 0.2) is 0 Å². The Morgan fingerprint density at radius 3 is 1.00 bits per heavy atom. The van der Waals surface area contributed by atoms with Crippen LogP contribution in [-0.4, -0.2) is 49.8 Å². The van der Waals surface area contributed by atoms with Crippen molar-refractivity contribution in [2.45, 2.75) is 0 Å². The molecule has 0 radical (unpaired) electrons. The molecule has 0 aliphatic heterocycles. The Labute approximate surface area is 98.6 Å². The summed E-state index contributed by atoms with van der Waals surface area (Å²) in [5.41, 5.74) is 0. The van der Waals surface area contributed by atoms with Gasteiger partial charge in [-0.1, -0.05) is 0 Å². The van der Waals surface area contributed by atoms with E-state index in [0.29, 0.717) is 0 Å². The average Bonchev–Trinajstić information content (AvgIpc) is 0. The fraction of sp³-hybridized carbons (Fsp3) is 0. The van der Waals surface area contributed by atoms with E-state index in [4.69, 9.17) is 0 Å². The van der Waals surface area contributed by atoms with Gasteiger partial charge in [0.1, 0.15) is 0 Å². The Morgan fingerprint density at radius 1 is 1.00 bits per heavy atom. The molecular weight excluding hydrogens is 493 g/mol. The summed E-state index contributed by atoms with van der Waals surface area (Å²) in [4.78, 5) is 0. The zero-order valence-corrected chi connectivity index (χ0v) is 15.4. The van der Waals surface area contributed by atoms with E-state index in [0.717, 1.165) is 0 Å². The SMILES string of the molecule is [Hf+4].[In+3].[O-2].[Sn+4].[Zn+2]. The zero-order chi connectivity index (χ0) is 0. The largest absolute Gasteiger partial charge is 4.00 e. The zero-order valence-electron chi connectivity index (χ0n) is 2.69. The van der Waals surface area contributed by atoms with E-state index < -0.39 is 0 Å². The van der Waals surface area contributed by atoms with Crippen LogP contribution in [0.3, 0.4) is 0 Å². The molecule has 5 heteroatoms. The van der Waals surface area contributed by atoms with E-state index in [1.165, 1.54) is 0 Å². The molecule has 0 unspecified atom stereocenters. The molecule has 0 aromatic carbocycles. The van der Waals surface area contributed by atoms with Crippen molar-refractivity contribution in [2.75, 3.05) is 0 Å². The monoisotopic (exact) mass is 495 g/mol. The van der Waals surface area contributed by atoms with Crippen LogP contribution in [0.1, 0.15) is 0 Å². The van der Waals surface area contributed by atoms with Crippen molar-refractivity contribution in [2.24, 2.45) is 0 Å². The molecule has 0 spiro atoms. The number of hydrogen-bond acceptors (Lipinski definition) is 0. The van der Waals surface area contributed by atoms with Gasteiger partial charge in [-0.15, -0.1) is 0 Å². The predicted molar refractivity (Wildman–Crippen MR) is 12.2 cm³/mol. The summed E-state index contributed by atoms with van der Waals surface area (Å²) in [6, 6.07) is 0. The van der Waals surface area contributed by atoms with Crippen molar-refractivity contribution in [3.05, 3.63) is 0 Å². The molecule has 0 aromatic heterocycles. The molecule has 0 aliphatic carbocycles. The fourth-order valence-electron chi connectivity index (χ4n) is 0. The van der Waals surface area contributed by atoms with Crippen LogP contribution in [-0.2, 0) is 50.8 Å². The fourth-order valence-corrected chi connectivity index (χ4v) is 0. The van der Waals surface area contributed by atoms with E-state index in [2.05, 4.69) is 0 Å². The van der Waals surface area contributed by atoms with Crippen LogP contribution in [0, 0.1) is 0 Å². The smallest absolute Gasteiger partial charge is 2.00 e. The van der Waals surface area contributed by atoms with Gasteiger partial charge in [0.25, 0.3) is 0 Å². The topological polar surface area (TPSA) is 28.5 Å². The van der Waals surface area contributed by atoms with Gasteiger partial charge in [-0.2, -0.15) is 0 Å². The van der Waals surface area contributed by atoms with E-state index in [1.807, 2.05) is 0 Å². The van der Waals surface area contributed by atoms with Crippen molar-refractivity contribution in [3.8, 4) is 0 Å². The second kappa shape index (κ2) is 27.4. The summed E-state index contributed by atoms with van der Waals surface area (Å²) >= 11 is 0. The normalized spacial score (nSPS) is 0. The third kappa shape index (κ3) is 19.2. The van der Waals surface area contributed by atoms with Gasteiger partial charge in [0.2, 0.25) is 0 Å². The maximum absolute atomic E-state index is 0. The molecule has 0 saturated carbocycles. The van der Waals surface area contributed by atoms with Gasteiger partial charge in [0, 0.05) is 0 Å². The first-order chi connectivity index (χ1) is 0. The summed E-state index contributed by atoms with van der Waals surface area (Å²) < 4.78 is 0. The van der Waals surface area contributed by atoms with Crippen LogP contribution in [0.2, 0.25) is 0 Å². The summed E-state index contributed by atoms with van der Waals surface area (Å²) in [6.45, 7) is 0. The molecule has 1 nitrogen and oxygen atoms in total. The van der Waals surface area contributed by atoms with Gasteiger partial charge in [0.05, 0.1) is 0 Å². The first kappa shape index (κ1) is 42.3. The summed E-state index contributed by atoms with van der Waals surface area (Å²) in [5, 5.41) is 0. The number of hydrogen-bond donors (Lipinski definition) is 0. The van der Waals surface area contributed by atoms with Crippen molar-refractivity contribution < 1.29 is 50.8 Å². The van der Waals surface area contributed by atoms with Gasteiger partial charge in [-0.3, -0.25) is 0 Å². The van der Waals surface area contributed by atoms with Gasteiger partial charge in [-0.25, -0.2) is 0 Å². The van der Waals surface area contributed by atoms with Crippen LogP contribution in [0.15, 0.2) is 0 Å². The summed E-state index contributed by atoms with van der Waals surface area (Å²) in [7, 11) is 0. The second-order valence-corrected chi connectivity index (χ2v) is 0. The molecule has 0 bridgehead atoms. The molecule has 0 saturated heterocycles. The first-order valence-corrected chi connectivity index (χ1v) is 0. The average molecular weight is 493 g/mol. The summed E-state index contributed by atoms with van der Waals surface area (Å²) in [6.07, 6.45) is 0. The van der Waals surface area contributed by atoms with Crippen LogP contribution in [0.4, 0.5) is 0 Å². The Morgan fingerprint density at radius 2 is 1.00 bits per heavy atom. The Balaban J connectivity index is 0. The van der Waals surface area contributed by atoms with E-state index in [9.17, 15) is 0 Å². The Kier molecular flexibility index (Phi) is 231. The minimum atomic E-state index is 0. The standard InChI is InChI=1S/Hf.In.O.Sn.Zn/q+4;+3;-2;+4;+2. The molecule has 0 atom stereocenters. The van der Waals surface area contributed by atoms with Crippen LogP contribution < -0.4 is 0 Å². The van der Waals surface area contributed by atoms with Crippen LogP contribution >= 0.6 is 0 Å². The van der Waals surface area contributed by atoms with Gasteiger partial charge in [-0.05, 0) is 0 Å². The summed E-state index contributed by atoms with van der Waals surface area (Å²) in [5.74, 6) is 0. The third-order valence-electron chi connectivity index (χ3n) is 0. The molecule has 0 fully saturated rings. The maximum atomic E-state index is 0. The van der Waals surface area contributed by atoms with Gasteiger partial charge < -0.3 is 5.48 Å². The molecule has 0 N–H and O–H groups in total.